The molecule has 2 heterocycles. The number of nitrogens with zero attached hydrogens (tertiary/aromatic N) is 5. The lowest BCUT2D eigenvalue weighted by atomic mass is 10.0. The van der Waals surface area contributed by atoms with Gasteiger partial charge in [-0.25, -0.2) is 8.42 Å². The van der Waals surface area contributed by atoms with E-state index in [2.05, 4.69) is 22.1 Å². The molecule has 208 valence electrons. The Hall–Kier alpha value is -4.84. The van der Waals surface area contributed by atoms with Crippen molar-refractivity contribution in [1.29, 1.82) is 10.5 Å². The van der Waals surface area contributed by atoms with Crippen molar-refractivity contribution < 1.29 is 18.3 Å². The molecule has 2 aromatic carbocycles. The Morgan fingerprint density at radius 3 is 2.44 bits per heavy atom. The minimum atomic E-state index is -4.54. The second kappa shape index (κ2) is 12.1. The number of hydrogen-bond donors (Lipinski definition) is 1. The maximum atomic E-state index is 13.8. The first-order valence-electron chi connectivity index (χ1n) is 12.8. The van der Waals surface area contributed by atoms with Crippen LogP contribution < -0.4 is 5.56 Å². The molecule has 0 saturated carbocycles. The summed E-state index contributed by atoms with van der Waals surface area (Å²) in [6, 6.07) is 17.5. The van der Waals surface area contributed by atoms with E-state index in [1.807, 2.05) is 6.92 Å². The normalized spacial score (nSPS) is 12.0. The summed E-state index contributed by atoms with van der Waals surface area (Å²) in [7, 11) is -4.54. The highest BCUT2D eigenvalue weighted by Gasteiger charge is 2.32. The fourth-order valence-corrected chi connectivity index (χ4v) is 5.85. The number of benzene rings is 2. The smallest absolute Gasteiger partial charge is 0.296 e. The maximum Gasteiger partial charge on any atom is 0.296 e. The minimum absolute atomic E-state index is 0.0476. The molecule has 0 aliphatic carbocycles. The Bertz CT molecular complexity index is 1840. The molecule has 0 fully saturated rings. The molecule has 1 N–H and O–H groups in total. The van der Waals surface area contributed by atoms with Crippen molar-refractivity contribution in [2.24, 2.45) is 0 Å². The molecule has 0 radical (unpaired) electrons. The topological polar surface area (TPSA) is 159 Å². The fraction of sp³-hybridized carbons (Fsp3) is 0.233. The third-order valence-electron chi connectivity index (χ3n) is 6.46. The summed E-state index contributed by atoms with van der Waals surface area (Å²) in [5, 5.41) is 30.3. The standard InChI is InChI=1S/C30H27N5O5S/c1-4-26(22-7-5-6-20(14-22)15-31)35-27(18-40-19(2)3)34-29(36)28(30(35)37)41(38,39)24-10-8-21(9-11-24)25-12-13-33-17-23(25)16-32/h5-14,17,19,26,37H,4,18H2,1-3H3/t26-/m0/s1. The van der Waals surface area contributed by atoms with Gasteiger partial charge in [-0.1, -0.05) is 31.2 Å². The third-order valence-corrected chi connectivity index (χ3v) is 8.25. The van der Waals surface area contributed by atoms with E-state index in [4.69, 9.17) is 4.74 Å². The zero-order valence-corrected chi connectivity index (χ0v) is 23.5. The van der Waals surface area contributed by atoms with Gasteiger partial charge >= 0.3 is 0 Å². The Balaban J connectivity index is 1.88. The lowest BCUT2D eigenvalue weighted by Gasteiger charge is -2.25. The Labute approximate surface area is 237 Å². The summed E-state index contributed by atoms with van der Waals surface area (Å²) in [6.45, 7) is 5.26. The molecule has 41 heavy (non-hydrogen) atoms. The number of hydrogen-bond acceptors (Lipinski definition) is 9. The van der Waals surface area contributed by atoms with Gasteiger partial charge in [0.1, 0.15) is 18.5 Å². The molecule has 4 aromatic rings. The van der Waals surface area contributed by atoms with Crippen molar-refractivity contribution >= 4 is 9.84 Å². The van der Waals surface area contributed by atoms with Crippen molar-refractivity contribution in [2.45, 2.75) is 55.7 Å². The van der Waals surface area contributed by atoms with Gasteiger partial charge in [0, 0.05) is 18.0 Å². The fourth-order valence-electron chi connectivity index (χ4n) is 4.50. The summed E-state index contributed by atoms with van der Waals surface area (Å²) in [5.41, 5.74) is 1.35. The molecule has 0 amide bonds. The number of ether oxygens (including phenoxy) is 1. The van der Waals surface area contributed by atoms with Crippen LogP contribution in [-0.4, -0.2) is 34.2 Å². The van der Waals surface area contributed by atoms with Crippen LogP contribution in [0.4, 0.5) is 0 Å². The summed E-state index contributed by atoms with van der Waals surface area (Å²) in [6.07, 6.45) is 3.08. The zero-order valence-electron chi connectivity index (χ0n) is 22.6. The third kappa shape index (κ3) is 5.87. The van der Waals surface area contributed by atoms with E-state index in [9.17, 15) is 28.8 Å². The van der Waals surface area contributed by atoms with Crippen molar-refractivity contribution in [3.05, 3.63) is 99.9 Å². The van der Waals surface area contributed by atoms with E-state index >= 15 is 0 Å². The van der Waals surface area contributed by atoms with Crippen molar-refractivity contribution in [1.82, 2.24) is 14.5 Å². The Kier molecular flexibility index (Phi) is 8.62. The predicted molar refractivity (Wildman–Crippen MR) is 150 cm³/mol. The minimum Gasteiger partial charge on any atom is -0.493 e. The van der Waals surface area contributed by atoms with Crippen LogP contribution >= 0.6 is 0 Å². The van der Waals surface area contributed by atoms with Gasteiger partial charge in [0.2, 0.25) is 15.7 Å². The van der Waals surface area contributed by atoms with Gasteiger partial charge < -0.3 is 9.84 Å². The van der Waals surface area contributed by atoms with E-state index in [-0.39, 0.29) is 23.4 Å². The molecule has 0 bridgehead atoms. The van der Waals surface area contributed by atoms with Gasteiger partial charge in [-0.15, -0.1) is 0 Å². The van der Waals surface area contributed by atoms with Crippen LogP contribution in [0.2, 0.25) is 0 Å². The second-order valence-corrected chi connectivity index (χ2v) is 11.3. The Morgan fingerprint density at radius 2 is 1.80 bits per heavy atom. The van der Waals surface area contributed by atoms with Crippen LogP contribution in [0, 0.1) is 22.7 Å². The maximum absolute atomic E-state index is 13.8. The van der Waals surface area contributed by atoms with E-state index in [0.717, 1.165) is 0 Å². The van der Waals surface area contributed by atoms with Gasteiger partial charge in [0.25, 0.3) is 5.56 Å². The van der Waals surface area contributed by atoms with Crippen LogP contribution in [0.5, 0.6) is 5.88 Å². The largest absolute Gasteiger partial charge is 0.493 e. The van der Waals surface area contributed by atoms with Crippen molar-refractivity contribution in [2.75, 3.05) is 0 Å². The van der Waals surface area contributed by atoms with Gasteiger partial charge in [-0.2, -0.15) is 15.5 Å². The van der Waals surface area contributed by atoms with Crippen LogP contribution in [-0.2, 0) is 21.2 Å². The summed E-state index contributed by atoms with van der Waals surface area (Å²) < 4.78 is 34.5. The van der Waals surface area contributed by atoms with Crippen molar-refractivity contribution in [3.8, 4) is 29.1 Å². The molecule has 10 nitrogen and oxygen atoms in total. The highest BCUT2D eigenvalue weighted by atomic mass is 32.2. The first kappa shape index (κ1) is 29.2. The van der Waals surface area contributed by atoms with Crippen molar-refractivity contribution in [3.63, 3.8) is 0 Å². The van der Waals surface area contributed by atoms with Gasteiger partial charge in [-0.3, -0.25) is 14.3 Å². The molecule has 4 rings (SSSR count). The molecule has 0 unspecified atom stereocenters. The highest BCUT2D eigenvalue weighted by Crippen LogP contribution is 2.34. The monoisotopic (exact) mass is 569 g/mol. The first-order valence-corrected chi connectivity index (χ1v) is 14.3. The molecular formula is C30H27N5O5S. The molecule has 0 aliphatic heterocycles. The summed E-state index contributed by atoms with van der Waals surface area (Å²) in [5.74, 6) is -0.724. The first-order chi connectivity index (χ1) is 19.6. The average molecular weight is 570 g/mol. The number of sulfone groups is 1. The van der Waals surface area contributed by atoms with Crippen LogP contribution in [0.15, 0.2) is 81.6 Å². The van der Waals surface area contributed by atoms with Gasteiger partial charge in [0.05, 0.1) is 34.2 Å². The van der Waals surface area contributed by atoms with Crippen LogP contribution in [0.3, 0.4) is 0 Å². The average Bonchev–Trinajstić information content (AvgIpc) is 2.97. The van der Waals surface area contributed by atoms with E-state index < -0.39 is 32.2 Å². The number of pyridine rings is 1. The SMILES string of the molecule is CC[C@@H](c1cccc(C#N)c1)n1c(COC(C)C)nc(=O)c(S(=O)(=O)c2ccc(-c3ccncc3C#N)cc2)c1O. The van der Waals surface area contributed by atoms with Gasteiger partial charge in [-0.05, 0) is 61.7 Å². The van der Waals surface area contributed by atoms with Crippen LogP contribution in [0.1, 0.15) is 55.7 Å². The summed E-state index contributed by atoms with van der Waals surface area (Å²) in [4.78, 5) is 20.1. The molecule has 0 aliphatic rings. The lowest BCUT2D eigenvalue weighted by molar-refractivity contribution is 0.0571. The quantitative estimate of drug-likeness (QED) is 0.306. The molecule has 0 saturated heterocycles. The molecule has 0 spiro atoms. The van der Waals surface area contributed by atoms with E-state index in [0.29, 0.717) is 34.2 Å². The molecule has 2 aromatic heterocycles. The number of rotatable bonds is 9. The Morgan fingerprint density at radius 1 is 1.07 bits per heavy atom. The lowest BCUT2D eigenvalue weighted by Crippen LogP contribution is -2.28. The molecular weight excluding hydrogens is 542 g/mol. The number of aromatic nitrogens is 3. The number of nitriles is 2. The second-order valence-electron chi connectivity index (χ2n) is 9.44. The highest BCUT2D eigenvalue weighted by molar-refractivity contribution is 7.91. The predicted octanol–water partition coefficient (Wildman–Crippen LogP) is 4.51. The van der Waals surface area contributed by atoms with Crippen LogP contribution in [0.25, 0.3) is 11.1 Å². The molecule has 1 atom stereocenters. The molecule has 11 heteroatoms. The van der Waals surface area contributed by atoms with Gasteiger partial charge in [0.15, 0.2) is 4.90 Å². The summed E-state index contributed by atoms with van der Waals surface area (Å²) >= 11 is 0. The van der Waals surface area contributed by atoms with E-state index in [1.165, 1.54) is 41.2 Å². The zero-order chi connectivity index (χ0) is 29.7. The van der Waals surface area contributed by atoms with E-state index in [1.54, 1.807) is 44.2 Å². The number of aromatic hydroxyl groups is 1.